The van der Waals surface area contributed by atoms with Crippen LogP contribution in [0.3, 0.4) is 0 Å². The third-order valence-corrected chi connectivity index (χ3v) is 4.28. The van der Waals surface area contributed by atoms with Gasteiger partial charge in [0.05, 0.1) is 11.4 Å². The van der Waals surface area contributed by atoms with Gasteiger partial charge in [0.2, 0.25) is 0 Å². The normalized spacial score (nSPS) is 11.1. The zero-order valence-electron chi connectivity index (χ0n) is 13.3. The molecule has 1 N–H and O–H groups in total. The molecule has 0 saturated heterocycles. The zero-order valence-corrected chi connectivity index (χ0v) is 14.1. The second-order valence-electron chi connectivity index (χ2n) is 5.28. The molecule has 0 aliphatic rings. The van der Waals surface area contributed by atoms with Crippen LogP contribution < -0.4 is 5.32 Å². The van der Waals surface area contributed by atoms with Gasteiger partial charge in [-0.1, -0.05) is 31.5 Å². The van der Waals surface area contributed by atoms with E-state index < -0.39 is 0 Å². The first-order valence-electron chi connectivity index (χ1n) is 7.63. The van der Waals surface area contributed by atoms with E-state index in [-0.39, 0.29) is 0 Å². The Labute approximate surface area is 132 Å². The molecule has 0 saturated carbocycles. The van der Waals surface area contributed by atoms with Crippen molar-refractivity contribution in [3.63, 3.8) is 0 Å². The lowest BCUT2D eigenvalue weighted by Crippen LogP contribution is -2.12. The number of hydrogen-bond acceptors (Lipinski definition) is 2. The molecule has 1 aromatic carbocycles. The Bertz CT molecular complexity index is 617. The Morgan fingerprint density at radius 3 is 2.57 bits per heavy atom. The highest BCUT2D eigenvalue weighted by molar-refractivity contribution is 6.31. The first kappa shape index (κ1) is 16.1. The van der Waals surface area contributed by atoms with Gasteiger partial charge in [-0.3, -0.25) is 0 Å². The first-order valence-corrected chi connectivity index (χ1v) is 8.00. The summed E-state index contributed by atoms with van der Waals surface area (Å²) < 4.78 is 2.06. The number of nitrogens with one attached hydrogen (secondary N) is 1. The van der Waals surface area contributed by atoms with Gasteiger partial charge >= 0.3 is 0 Å². The molecule has 21 heavy (non-hydrogen) atoms. The predicted molar refractivity (Wildman–Crippen MR) is 89.7 cm³/mol. The molecular formula is C17H24ClN3. The van der Waals surface area contributed by atoms with Gasteiger partial charge in [0.25, 0.3) is 0 Å². The van der Waals surface area contributed by atoms with E-state index in [0.29, 0.717) is 0 Å². The molecule has 1 heterocycles. The Hall–Kier alpha value is -1.32. The van der Waals surface area contributed by atoms with Crippen molar-refractivity contribution in [1.82, 2.24) is 15.1 Å². The van der Waals surface area contributed by atoms with Crippen LogP contribution in [-0.4, -0.2) is 23.4 Å². The number of halogens is 1. The standard InChI is InChI=1S/C17H24ClN3/c1-5-16-14(9-10-19-4)17(6-2)21(20-16)13-8-7-12(3)15(18)11-13/h7-8,11,19H,5-6,9-10H2,1-4H3. The van der Waals surface area contributed by atoms with Crippen LogP contribution in [0.15, 0.2) is 18.2 Å². The second-order valence-corrected chi connectivity index (χ2v) is 5.69. The van der Waals surface area contributed by atoms with Gasteiger partial charge in [-0.15, -0.1) is 0 Å². The van der Waals surface area contributed by atoms with Crippen molar-refractivity contribution >= 4 is 11.6 Å². The number of likely N-dealkylation sites (N-methyl/N-ethyl adjacent to an activating group) is 1. The van der Waals surface area contributed by atoms with Crippen LogP contribution >= 0.6 is 11.6 Å². The van der Waals surface area contributed by atoms with Crippen molar-refractivity contribution < 1.29 is 0 Å². The van der Waals surface area contributed by atoms with E-state index in [4.69, 9.17) is 16.7 Å². The number of aromatic nitrogens is 2. The molecule has 1 aromatic heterocycles. The molecule has 0 atom stereocenters. The fraction of sp³-hybridized carbons (Fsp3) is 0.471. The van der Waals surface area contributed by atoms with Gasteiger partial charge in [0.1, 0.15) is 0 Å². The van der Waals surface area contributed by atoms with Crippen molar-refractivity contribution in [1.29, 1.82) is 0 Å². The number of aryl methyl sites for hydroxylation is 2. The summed E-state index contributed by atoms with van der Waals surface area (Å²) in [5, 5.41) is 8.84. The SMILES string of the molecule is CCc1nn(-c2ccc(C)c(Cl)c2)c(CC)c1CCNC. The summed E-state index contributed by atoms with van der Waals surface area (Å²) >= 11 is 6.27. The number of hydrogen-bond donors (Lipinski definition) is 1. The largest absolute Gasteiger partial charge is 0.319 e. The van der Waals surface area contributed by atoms with Gasteiger partial charge in [-0.05, 0) is 63.0 Å². The maximum Gasteiger partial charge on any atom is 0.0664 e. The Kier molecular flexibility index (Phi) is 5.43. The summed E-state index contributed by atoms with van der Waals surface area (Å²) in [5.74, 6) is 0. The third-order valence-electron chi connectivity index (χ3n) is 3.87. The monoisotopic (exact) mass is 305 g/mol. The lowest BCUT2D eigenvalue weighted by Gasteiger charge is -2.09. The van der Waals surface area contributed by atoms with E-state index in [2.05, 4.69) is 36.0 Å². The molecule has 2 aromatic rings. The second kappa shape index (κ2) is 7.10. The molecule has 3 nitrogen and oxygen atoms in total. The van der Waals surface area contributed by atoms with Crippen LogP contribution in [0.25, 0.3) is 5.69 Å². The minimum atomic E-state index is 0.792. The van der Waals surface area contributed by atoms with E-state index >= 15 is 0 Å². The summed E-state index contributed by atoms with van der Waals surface area (Å²) in [6.07, 6.45) is 2.94. The van der Waals surface area contributed by atoms with Crippen LogP contribution in [0.4, 0.5) is 0 Å². The molecule has 0 fully saturated rings. The fourth-order valence-electron chi connectivity index (χ4n) is 2.65. The predicted octanol–water partition coefficient (Wildman–Crippen LogP) is 3.72. The lowest BCUT2D eigenvalue weighted by molar-refractivity contribution is 0.772. The van der Waals surface area contributed by atoms with E-state index in [9.17, 15) is 0 Å². The number of nitrogens with zero attached hydrogens (tertiary/aromatic N) is 2. The number of benzene rings is 1. The maximum atomic E-state index is 6.27. The average Bonchev–Trinajstić information content (AvgIpc) is 2.85. The highest BCUT2D eigenvalue weighted by Crippen LogP contribution is 2.24. The van der Waals surface area contributed by atoms with Crippen LogP contribution in [-0.2, 0) is 19.3 Å². The quantitative estimate of drug-likeness (QED) is 0.881. The first-order chi connectivity index (χ1) is 10.1. The van der Waals surface area contributed by atoms with Gasteiger partial charge in [0.15, 0.2) is 0 Å². The molecular weight excluding hydrogens is 282 g/mol. The summed E-state index contributed by atoms with van der Waals surface area (Å²) in [6.45, 7) is 7.34. The average molecular weight is 306 g/mol. The smallest absolute Gasteiger partial charge is 0.0664 e. The third kappa shape index (κ3) is 3.30. The number of rotatable bonds is 6. The van der Waals surface area contributed by atoms with Gasteiger partial charge in [0, 0.05) is 10.7 Å². The molecule has 0 aliphatic heterocycles. The highest BCUT2D eigenvalue weighted by atomic mass is 35.5. The highest BCUT2D eigenvalue weighted by Gasteiger charge is 2.16. The van der Waals surface area contributed by atoms with E-state index in [1.54, 1.807) is 0 Å². The molecule has 0 aliphatic carbocycles. The summed E-state index contributed by atoms with van der Waals surface area (Å²) in [5.41, 5.74) is 6.01. The van der Waals surface area contributed by atoms with Crippen LogP contribution in [0.5, 0.6) is 0 Å². The van der Waals surface area contributed by atoms with Gasteiger partial charge < -0.3 is 5.32 Å². The van der Waals surface area contributed by atoms with Crippen molar-refractivity contribution in [3.8, 4) is 5.69 Å². The van der Waals surface area contributed by atoms with Gasteiger partial charge in [-0.2, -0.15) is 5.10 Å². The van der Waals surface area contributed by atoms with Crippen LogP contribution in [0.1, 0.15) is 36.4 Å². The molecule has 0 unspecified atom stereocenters. The van der Waals surface area contributed by atoms with Crippen molar-refractivity contribution in [3.05, 3.63) is 45.7 Å². The molecule has 0 spiro atoms. The van der Waals surface area contributed by atoms with E-state index in [0.717, 1.165) is 42.1 Å². The minimum absolute atomic E-state index is 0.792. The summed E-state index contributed by atoms with van der Waals surface area (Å²) in [7, 11) is 1.99. The zero-order chi connectivity index (χ0) is 15.4. The van der Waals surface area contributed by atoms with Crippen LogP contribution in [0.2, 0.25) is 5.02 Å². The van der Waals surface area contributed by atoms with Gasteiger partial charge in [-0.25, -0.2) is 4.68 Å². The lowest BCUT2D eigenvalue weighted by atomic mass is 10.1. The van der Waals surface area contributed by atoms with Crippen molar-refractivity contribution in [2.75, 3.05) is 13.6 Å². The topological polar surface area (TPSA) is 29.9 Å². The maximum absolute atomic E-state index is 6.27. The molecule has 0 bridgehead atoms. The molecule has 2 rings (SSSR count). The van der Waals surface area contributed by atoms with Crippen LogP contribution in [0, 0.1) is 6.92 Å². The van der Waals surface area contributed by atoms with E-state index in [1.165, 1.54) is 17.0 Å². The Balaban J connectivity index is 2.52. The Morgan fingerprint density at radius 2 is 2.00 bits per heavy atom. The van der Waals surface area contributed by atoms with Crippen molar-refractivity contribution in [2.24, 2.45) is 0 Å². The van der Waals surface area contributed by atoms with E-state index in [1.807, 2.05) is 20.0 Å². The summed E-state index contributed by atoms with van der Waals surface area (Å²) in [4.78, 5) is 0. The molecule has 4 heteroatoms. The molecule has 114 valence electrons. The van der Waals surface area contributed by atoms with Crippen molar-refractivity contribution in [2.45, 2.75) is 40.0 Å². The molecule has 0 amide bonds. The molecule has 0 radical (unpaired) electrons. The Morgan fingerprint density at radius 1 is 1.24 bits per heavy atom. The fourth-order valence-corrected chi connectivity index (χ4v) is 2.82. The minimum Gasteiger partial charge on any atom is -0.319 e. The summed E-state index contributed by atoms with van der Waals surface area (Å²) in [6, 6.07) is 6.15.